The monoisotopic (exact) mass is 432 g/mol. The highest BCUT2D eigenvalue weighted by Gasteiger charge is 2.50. The van der Waals surface area contributed by atoms with Crippen molar-refractivity contribution in [2.24, 2.45) is 5.92 Å². The van der Waals surface area contributed by atoms with Gasteiger partial charge in [0.1, 0.15) is 4.32 Å². The van der Waals surface area contributed by atoms with E-state index in [9.17, 15) is 4.79 Å². The fraction of sp³-hybridized carbons (Fsp3) is 0.333. The van der Waals surface area contributed by atoms with E-state index in [0.717, 1.165) is 23.4 Å². The topological polar surface area (TPSA) is 32.8 Å². The van der Waals surface area contributed by atoms with Gasteiger partial charge in [0.05, 0.1) is 23.8 Å². The minimum absolute atomic E-state index is 0.0483. The molecule has 4 rings (SSSR count). The molecule has 0 bridgehead atoms. The molecular weight excluding hydrogens is 412 g/mol. The highest BCUT2D eigenvalue weighted by Crippen LogP contribution is 2.45. The van der Waals surface area contributed by atoms with E-state index in [1.165, 1.54) is 0 Å². The summed E-state index contributed by atoms with van der Waals surface area (Å²) < 4.78 is 0.664. The fourth-order valence-corrected chi connectivity index (χ4v) is 5.17. The molecule has 7 heteroatoms. The van der Waals surface area contributed by atoms with E-state index < -0.39 is 0 Å². The van der Waals surface area contributed by atoms with Crippen molar-refractivity contribution in [2.75, 3.05) is 17.4 Å². The second-order valence-electron chi connectivity index (χ2n) is 6.84. The van der Waals surface area contributed by atoms with Crippen molar-refractivity contribution >= 4 is 51.5 Å². The van der Waals surface area contributed by atoms with Gasteiger partial charge in [0.2, 0.25) is 5.91 Å². The maximum atomic E-state index is 13.5. The first kappa shape index (κ1) is 19.7. The Hall–Kier alpha value is -1.60. The average Bonchev–Trinajstić information content (AvgIpc) is 3.32. The number of halogens is 1. The molecule has 2 aromatic rings. The fourth-order valence-electron chi connectivity index (χ4n) is 3.82. The lowest BCUT2D eigenvalue weighted by Crippen LogP contribution is -2.41. The third-order valence-corrected chi connectivity index (χ3v) is 6.86. The van der Waals surface area contributed by atoms with Gasteiger partial charge in [-0.25, -0.2) is 5.06 Å². The van der Waals surface area contributed by atoms with Crippen molar-refractivity contribution in [2.45, 2.75) is 25.5 Å². The number of hydrogen-bond donors (Lipinski definition) is 0. The van der Waals surface area contributed by atoms with Crippen LogP contribution in [0.3, 0.4) is 0 Å². The first-order chi connectivity index (χ1) is 13.6. The summed E-state index contributed by atoms with van der Waals surface area (Å²) in [6, 6.07) is 17.4. The number of anilines is 1. The summed E-state index contributed by atoms with van der Waals surface area (Å²) in [4.78, 5) is 21.6. The van der Waals surface area contributed by atoms with Gasteiger partial charge < -0.3 is 0 Å². The molecule has 2 heterocycles. The second kappa shape index (κ2) is 8.41. The van der Waals surface area contributed by atoms with Gasteiger partial charge in [-0.3, -0.25) is 14.5 Å². The third-order valence-electron chi connectivity index (χ3n) is 5.18. The number of hydroxylamine groups is 1. The van der Waals surface area contributed by atoms with Gasteiger partial charge in [0.25, 0.3) is 0 Å². The van der Waals surface area contributed by atoms with Crippen LogP contribution in [0.5, 0.6) is 0 Å². The lowest BCUT2D eigenvalue weighted by molar-refractivity contribution is -0.133. The smallest absolute Gasteiger partial charge is 0.236 e. The molecule has 2 aliphatic heterocycles. The molecular formula is C21H21ClN2O2S2. The molecule has 0 aromatic heterocycles. The lowest BCUT2D eigenvalue weighted by Gasteiger charge is -2.29. The number of nitrogens with zero attached hydrogens (tertiary/aromatic N) is 2. The van der Waals surface area contributed by atoms with E-state index in [4.69, 9.17) is 28.7 Å². The van der Waals surface area contributed by atoms with Crippen molar-refractivity contribution in [3.8, 4) is 0 Å². The van der Waals surface area contributed by atoms with Gasteiger partial charge in [-0.2, -0.15) is 0 Å². The molecule has 0 spiro atoms. The zero-order valence-corrected chi connectivity index (χ0v) is 17.8. The van der Waals surface area contributed by atoms with E-state index in [2.05, 4.69) is 6.92 Å². The van der Waals surface area contributed by atoms with Gasteiger partial charge in [-0.15, -0.1) is 0 Å². The van der Waals surface area contributed by atoms with Crippen molar-refractivity contribution in [1.82, 2.24) is 4.90 Å². The molecule has 0 aliphatic carbocycles. The molecule has 146 valence electrons. The Kier molecular flexibility index (Phi) is 5.92. The summed E-state index contributed by atoms with van der Waals surface area (Å²) >= 11 is 13.1. The van der Waals surface area contributed by atoms with Crippen LogP contribution in [0.25, 0.3) is 0 Å². The second-order valence-corrected chi connectivity index (χ2v) is 9.01. The molecule has 4 nitrogen and oxygen atoms in total. The highest BCUT2D eigenvalue weighted by atomic mass is 35.5. The Morgan fingerprint density at radius 2 is 1.93 bits per heavy atom. The number of thiocarbonyl (C=S) groups is 1. The van der Waals surface area contributed by atoms with Gasteiger partial charge in [-0.05, 0) is 36.2 Å². The van der Waals surface area contributed by atoms with E-state index in [-0.39, 0.29) is 24.0 Å². The Bertz CT molecular complexity index is 862. The van der Waals surface area contributed by atoms with Gasteiger partial charge >= 0.3 is 0 Å². The maximum Gasteiger partial charge on any atom is 0.236 e. The average molecular weight is 433 g/mol. The molecule has 3 atom stereocenters. The standard InChI is InChI=1S/C21H21ClN2O2S2/c1-2-17-18(20(25)23-12-13-28-21(23)27)19(14-6-4-3-5-7-14)24(26-17)16-10-8-15(22)9-11-16/h3-11,17-19H,2,12-13H2,1H3/t17-,18-,19-/m0/s1. The van der Waals surface area contributed by atoms with Crippen molar-refractivity contribution in [3.63, 3.8) is 0 Å². The quantitative estimate of drug-likeness (QED) is 0.628. The number of amides is 1. The van der Waals surface area contributed by atoms with E-state index in [0.29, 0.717) is 15.9 Å². The molecule has 2 aromatic carbocycles. The van der Waals surface area contributed by atoms with E-state index in [1.54, 1.807) is 16.7 Å². The number of rotatable bonds is 4. The Balaban J connectivity index is 1.76. The molecule has 28 heavy (non-hydrogen) atoms. The summed E-state index contributed by atoms with van der Waals surface area (Å²) in [5, 5.41) is 2.53. The molecule has 0 radical (unpaired) electrons. The molecule has 0 unspecified atom stereocenters. The van der Waals surface area contributed by atoms with Crippen LogP contribution < -0.4 is 5.06 Å². The summed E-state index contributed by atoms with van der Waals surface area (Å²) in [5.74, 6) is 0.568. The molecule has 2 saturated heterocycles. The van der Waals surface area contributed by atoms with Crippen molar-refractivity contribution in [3.05, 3.63) is 65.2 Å². The van der Waals surface area contributed by atoms with Crippen LogP contribution in [0.1, 0.15) is 24.9 Å². The highest BCUT2D eigenvalue weighted by molar-refractivity contribution is 8.23. The predicted molar refractivity (Wildman–Crippen MR) is 119 cm³/mol. The number of hydrogen-bond acceptors (Lipinski definition) is 5. The number of carbonyl (C=O) groups excluding carboxylic acids is 1. The Labute approximate surface area is 179 Å². The normalized spacial score (nSPS) is 24.8. The predicted octanol–water partition coefficient (Wildman–Crippen LogP) is 5.09. The van der Waals surface area contributed by atoms with Crippen molar-refractivity contribution < 1.29 is 9.63 Å². The van der Waals surface area contributed by atoms with E-state index >= 15 is 0 Å². The Morgan fingerprint density at radius 1 is 1.21 bits per heavy atom. The van der Waals surface area contributed by atoms with Crippen LogP contribution in [-0.4, -0.2) is 33.5 Å². The number of benzene rings is 2. The zero-order valence-electron chi connectivity index (χ0n) is 15.5. The van der Waals surface area contributed by atoms with Crippen LogP contribution >= 0.6 is 35.6 Å². The first-order valence-corrected chi connectivity index (χ1v) is 11.1. The van der Waals surface area contributed by atoms with Gasteiger partial charge in [0.15, 0.2) is 0 Å². The van der Waals surface area contributed by atoms with Gasteiger partial charge in [-0.1, -0.05) is 72.8 Å². The molecule has 1 amide bonds. The Morgan fingerprint density at radius 3 is 2.54 bits per heavy atom. The summed E-state index contributed by atoms with van der Waals surface area (Å²) in [7, 11) is 0. The van der Waals surface area contributed by atoms with Crippen LogP contribution in [0.15, 0.2) is 54.6 Å². The SMILES string of the molecule is CC[C@@H]1ON(c2ccc(Cl)cc2)[C@@H](c2ccccc2)[C@H]1C(=O)N1CCSC1=S. The van der Waals surface area contributed by atoms with Crippen molar-refractivity contribution in [1.29, 1.82) is 0 Å². The summed E-state index contributed by atoms with van der Waals surface area (Å²) in [5.41, 5.74) is 1.93. The molecule has 2 fully saturated rings. The maximum absolute atomic E-state index is 13.5. The summed E-state index contributed by atoms with van der Waals surface area (Å²) in [6.07, 6.45) is 0.513. The van der Waals surface area contributed by atoms with Gasteiger partial charge in [0, 0.05) is 17.3 Å². The number of carbonyl (C=O) groups is 1. The molecule has 0 saturated carbocycles. The van der Waals surface area contributed by atoms with Crippen LogP contribution in [-0.2, 0) is 9.63 Å². The zero-order chi connectivity index (χ0) is 19.7. The molecule has 2 aliphatic rings. The lowest BCUT2D eigenvalue weighted by atomic mass is 9.87. The largest absolute Gasteiger partial charge is 0.297 e. The number of thioether (sulfide) groups is 1. The third kappa shape index (κ3) is 3.66. The minimum Gasteiger partial charge on any atom is -0.297 e. The van der Waals surface area contributed by atoms with Crippen LogP contribution in [0, 0.1) is 5.92 Å². The van der Waals surface area contributed by atoms with E-state index in [1.807, 2.05) is 59.7 Å². The minimum atomic E-state index is -0.334. The first-order valence-electron chi connectivity index (χ1n) is 9.34. The summed E-state index contributed by atoms with van der Waals surface area (Å²) in [6.45, 7) is 2.72. The van der Waals surface area contributed by atoms with Crippen LogP contribution in [0.2, 0.25) is 5.02 Å². The van der Waals surface area contributed by atoms with Crippen LogP contribution in [0.4, 0.5) is 5.69 Å². The molecule has 0 N–H and O–H groups in total.